The van der Waals surface area contributed by atoms with E-state index >= 15 is 0 Å². The molecule has 2 saturated heterocycles. The maximum atomic E-state index is 12.9. The molecule has 3 aliphatic rings. The van der Waals surface area contributed by atoms with Crippen molar-refractivity contribution in [1.82, 2.24) is 9.80 Å². The number of carbonyl (C=O) groups excluding carboxylic acids is 1. The normalized spacial score (nSPS) is 24.3. The summed E-state index contributed by atoms with van der Waals surface area (Å²) >= 11 is 0. The van der Waals surface area contributed by atoms with Crippen molar-refractivity contribution in [2.75, 3.05) is 39.4 Å². The molecule has 0 aromatic rings. The highest BCUT2D eigenvalue weighted by Gasteiger charge is 2.27. The number of ether oxygens (including phenoxy) is 1. The molecule has 0 aromatic heterocycles. The first-order valence-electron chi connectivity index (χ1n) is 10.4. The summed E-state index contributed by atoms with van der Waals surface area (Å²) in [5.41, 5.74) is 0. The van der Waals surface area contributed by atoms with E-state index in [4.69, 9.17) is 4.74 Å². The summed E-state index contributed by atoms with van der Waals surface area (Å²) in [4.78, 5) is 17.7. The van der Waals surface area contributed by atoms with Crippen molar-refractivity contribution in [3.05, 3.63) is 0 Å². The molecule has 3 fully saturated rings. The van der Waals surface area contributed by atoms with Crippen LogP contribution in [0, 0.1) is 5.92 Å². The van der Waals surface area contributed by atoms with Crippen LogP contribution in [0.25, 0.3) is 0 Å². The molecule has 0 radical (unpaired) electrons. The van der Waals surface area contributed by atoms with Gasteiger partial charge < -0.3 is 14.5 Å². The quantitative estimate of drug-likeness (QED) is 0.714. The molecule has 0 unspecified atom stereocenters. The molecule has 1 saturated carbocycles. The molecule has 2 aliphatic heterocycles. The van der Waals surface area contributed by atoms with Crippen LogP contribution in [0.4, 0.5) is 0 Å². The van der Waals surface area contributed by atoms with Gasteiger partial charge in [-0.1, -0.05) is 32.1 Å². The third-order valence-corrected chi connectivity index (χ3v) is 6.30. The highest BCUT2D eigenvalue weighted by Crippen LogP contribution is 2.29. The fourth-order valence-electron chi connectivity index (χ4n) is 4.71. The average Bonchev–Trinajstić information content (AvgIpc) is 3.15. The first-order chi connectivity index (χ1) is 11.8. The molecule has 138 valence electrons. The summed E-state index contributed by atoms with van der Waals surface area (Å²) in [6, 6.07) is 0.416. The van der Waals surface area contributed by atoms with Crippen LogP contribution >= 0.6 is 0 Å². The highest BCUT2D eigenvalue weighted by atomic mass is 16.5. The second kappa shape index (κ2) is 9.76. The van der Waals surface area contributed by atoms with Crippen LogP contribution in [-0.4, -0.2) is 61.1 Å². The molecule has 0 atom stereocenters. The summed E-state index contributed by atoms with van der Waals surface area (Å²) in [5, 5.41) is 0. The Bertz CT molecular complexity index is 370. The molecular weight excluding hydrogens is 300 g/mol. The fraction of sp³-hybridized carbons (Fsp3) is 0.950. The first-order valence-corrected chi connectivity index (χ1v) is 10.4. The average molecular weight is 337 g/mol. The summed E-state index contributed by atoms with van der Waals surface area (Å²) in [5.74, 6) is 1.22. The highest BCUT2D eigenvalue weighted by molar-refractivity contribution is 5.76. The van der Waals surface area contributed by atoms with Gasteiger partial charge >= 0.3 is 0 Å². The lowest BCUT2D eigenvalue weighted by Crippen LogP contribution is -2.47. The summed E-state index contributed by atoms with van der Waals surface area (Å²) in [6.07, 6.45) is 13.4. The Hall–Kier alpha value is -0.610. The van der Waals surface area contributed by atoms with Crippen molar-refractivity contribution in [2.24, 2.45) is 5.92 Å². The van der Waals surface area contributed by atoms with Crippen LogP contribution in [-0.2, 0) is 9.53 Å². The zero-order valence-electron chi connectivity index (χ0n) is 15.4. The third kappa shape index (κ3) is 5.45. The molecule has 1 aliphatic carbocycles. The molecule has 3 rings (SSSR count). The first kappa shape index (κ1) is 18.2. The van der Waals surface area contributed by atoms with Crippen molar-refractivity contribution in [3.8, 4) is 0 Å². The van der Waals surface area contributed by atoms with E-state index < -0.39 is 0 Å². The molecular formula is C20H36N2O2. The zero-order valence-corrected chi connectivity index (χ0v) is 15.4. The molecule has 4 nitrogen and oxygen atoms in total. The van der Waals surface area contributed by atoms with Gasteiger partial charge in [0.15, 0.2) is 0 Å². The van der Waals surface area contributed by atoms with E-state index in [0.717, 1.165) is 57.9 Å². The van der Waals surface area contributed by atoms with Crippen LogP contribution in [0.5, 0.6) is 0 Å². The smallest absolute Gasteiger partial charge is 0.222 e. The molecule has 0 bridgehead atoms. The predicted octanol–water partition coefficient (Wildman–Crippen LogP) is 3.45. The van der Waals surface area contributed by atoms with E-state index in [1.165, 1.54) is 58.0 Å². The molecule has 2 heterocycles. The van der Waals surface area contributed by atoms with E-state index in [1.807, 2.05) is 0 Å². The van der Waals surface area contributed by atoms with Crippen molar-refractivity contribution < 1.29 is 9.53 Å². The van der Waals surface area contributed by atoms with E-state index in [-0.39, 0.29) is 0 Å². The van der Waals surface area contributed by atoms with Crippen molar-refractivity contribution in [3.63, 3.8) is 0 Å². The van der Waals surface area contributed by atoms with Gasteiger partial charge in [-0.25, -0.2) is 0 Å². The number of nitrogens with zero attached hydrogens (tertiary/aromatic N) is 2. The minimum atomic E-state index is 0.408. The van der Waals surface area contributed by atoms with Crippen molar-refractivity contribution in [2.45, 2.75) is 76.7 Å². The summed E-state index contributed by atoms with van der Waals surface area (Å²) < 4.78 is 5.52. The van der Waals surface area contributed by atoms with E-state index in [9.17, 15) is 4.79 Å². The third-order valence-electron chi connectivity index (χ3n) is 6.30. The Labute approximate surface area is 147 Å². The minimum absolute atomic E-state index is 0.408. The molecule has 4 heteroatoms. The van der Waals surface area contributed by atoms with E-state index in [0.29, 0.717) is 11.9 Å². The van der Waals surface area contributed by atoms with Crippen LogP contribution < -0.4 is 0 Å². The number of likely N-dealkylation sites (tertiary alicyclic amines) is 1. The van der Waals surface area contributed by atoms with Gasteiger partial charge in [0.2, 0.25) is 5.91 Å². The monoisotopic (exact) mass is 336 g/mol. The van der Waals surface area contributed by atoms with Gasteiger partial charge in [0.05, 0.1) is 0 Å². The molecule has 0 spiro atoms. The van der Waals surface area contributed by atoms with Gasteiger partial charge in [0.25, 0.3) is 0 Å². The standard InChI is InChI=1S/C20H36N2O2/c23-20(9-8-18-6-2-3-7-18)22(19-10-16-24-17-11-19)15-14-21-12-4-1-5-13-21/h18-19H,1-17H2. The van der Waals surface area contributed by atoms with Crippen LogP contribution in [0.2, 0.25) is 0 Å². The van der Waals surface area contributed by atoms with Gasteiger partial charge in [-0.2, -0.15) is 0 Å². The van der Waals surface area contributed by atoms with Crippen molar-refractivity contribution >= 4 is 5.91 Å². The molecule has 1 amide bonds. The SMILES string of the molecule is O=C(CCC1CCCC1)N(CCN1CCCCC1)C1CCOCC1. The number of carbonyl (C=O) groups is 1. The zero-order chi connectivity index (χ0) is 16.6. The van der Waals surface area contributed by atoms with Crippen LogP contribution in [0.3, 0.4) is 0 Å². The van der Waals surface area contributed by atoms with E-state index in [2.05, 4.69) is 9.80 Å². The number of hydrogen-bond acceptors (Lipinski definition) is 3. The topological polar surface area (TPSA) is 32.8 Å². The minimum Gasteiger partial charge on any atom is -0.381 e. The Morgan fingerprint density at radius 1 is 0.958 bits per heavy atom. The van der Waals surface area contributed by atoms with Gasteiger partial charge in [0, 0.05) is 38.8 Å². The molecule has 24 heavy (non-hydrogen) atoms. The van der Waals surface area contributed by atoms with Gasteiger partial charge in [-0.05, 0) is 51.1 Å². The lowest BCUT2D eigenvalue weighted by molar-refractivity contribution is -0.136. The van der Waals surface area contributed by atoms with E-state index in [1.54, 1.807) is 0 Å². The Balaban J connectivity index is 1.50. The largest absolute Gasteiger partial charge is 0.381 e. The fourth-order valence-corrected chi connectivity index (χ4v) is 4.71. The van der Waals surface area contributed by atoms with Crippen LogP contribution in [0.1, 0.15) is 70.6 Å². The maximum Gasteiger partial charge on any atom is 0.222 e. The summed E-state index contributed by atoms with van der Waals surface area (Å²) in [7, 11) is 0. The Kier molecular flexibility index (Phi) is 7.40. The molecule has 0 N–H and O–H groups in total. The van der Waals surface area contributed by atoms with Crippen molar-refractivity contribution in [1.29, 1.82) is 0 Å². The maximum absolute atomic E-state index is 12.9. The van der Waals surface area contributed by atoms with Gasteiger partial charge in [0.1, 0.15) is 0 Å². The lowest BCUT2D eigenvalue weighted by atomic mass is 10.00. The van der Waals surface area contributed by atoms with Crippen LogP contribution in [0.15, 0.2) is 0 Å². The van der Waals surface area contributed by atoms with Gasteiger partial charge in [-0.3, -0.25) is 4.79 Å². The molecule has 0 aromatic carbocycles. The van der Waals surface area contributed by atoms with Gasteiger partial charge in [-0.15, -0.1) is 0 Å². The number of rotatable bonds is 7. The predicted molar refractivity (Wildman–Crippen MR) is 97.0 cm³/mol. The number of hydrogen-bond donors (Lipinski definition) is 0. The second-order valence-electron chi connectivity index (χ2n) is 8.02. The Morgan fingerprint density at radius 2 is 1.67 bits per heavy atom. The number of amides is 1. The second-order valence-corrected chi connectivity index (χ2v) is 8.02. The number of piperidine rings is 1. The Morgan fingerprint density at radius 3 is 2.38 bits per heavy atom. The summed E-state index contributed by atoms with van der Waals surface area (Å²) in [6.45, 7) is 6.07. The lowest BCUT2D eigenvalue weighted by Gasteiger charge is -2.37.